The maximum Gasteiger partial charge on any atom is 0.337 e. The van der Waals surface area contributed by atoms with E-state index in [1.807, 2.05) is 0 Å². The van der Waals surface area contributed by atoms with Crippen molar-refractivity contribution in [2.24, 2.45) is 5.92 Å². The zero-order chi connectivity index (χ0) is 22.4. The third kappa shape index (κ3) is 5.54. The van der Waals surface area contributed by atoms with Crippen LogP contribution in [0.15, 0.2) is 66.4 Å². The van der Waals surface area contributed by atoms with Gasteiger partial charge in [0.1, 0.15) is 18.1 Å². The van der Waals surface area contributed by atoms with Gasteiger partial charge in [-0.05, 0) is 48.4 Å². The Morgan fingerprint density at radius 2 is 1.71 bits per heavy atom. The van der Waals surface area contributed by atoms with Gasteiger partial charge in [-0.25, -0.2) is 4.79 Å². The van der Waals surface area contributed by atoms with Gasteiger partial charge in [0.05, 0.1) is 12.7 Å². The number of hydrogen-bond donors (Lipinski definition) is 0. The zero-order valence-corrected chi connectivity index (χ0v) is 17.0. The normalized spacial score (nSPS) is 15.9. The second kappa shape index (κ2) is 9.67. The molecule has 2 aromatic rings. The molecule has 0 amide bonds. The zero-order valence-electron chi connectivity index (χ0n) is 17.0. The highest BCUT2D eigenvalue weighted by molar-refractivity contribution is 6.25. The van der Waals surface area contributed by atoms with Crippen LogP contribution in [0.5, 0.6) is 5.75 Å². The van der Waals surface area contributed by atoms with Crippen LogP contribution in [0.3, 0.4) is 0 Å². The predicted molar refractivity (Wildman–Crippen MR) is 111 cm³/mol. The molecule has 0 bridgehead atoms. The fourth-order valence-corrected chi connectivity index (χ4v) is 2.87. The Hall–Kier alpha value is -4.00. The minimum Gasteiger partial charge on any atom is -0.489 e. The van der Waals surface area contributed by atoms with Crippen molar-refractivity contribution in [3.8, 4) is 5.75 Å². The molecular formula is C24H20O7. The molecular weight excluding hydrogens is 400 g/mol. The van der Waals surface area contributed by atoms with Gasteiger partial charge in [-0.15, -0.1) is 0 Å². The van der Waals surface area contributed by atoms with Gasteiger partial charge in [0.2, 0.25) is 0 Å². The predicted octanol–water partition coefficient (Wildman–Crippen LogP) is 3.28. The van der Waals surface area contributed by atoms with Crippen molar-refractivity contribution in [1.29, 1.82) is 0 Å². The van der Waals surface area contributed by atoms with E-state index in [2.05, 4.69) is 4.74 Å². The molecule has 158 valence electrons. The average molecular weight is 420 g/mol. The lowest BCUT2D eigenvalue weighted by Gasteiger charge is -2.15. The summed E-state index contributed by atoms with van der Waals surface area (Å²) in [5, 5.41) is 0. The second-order valence-electron chi connectivity index (χ2n) is 6.79. The molecule has 3 rings (SSSR count). The van der Waals surface area contributed by atoms with E-state index in [-0.39, 0.29) is 5.76 Å². The first kappa shape index (κ1) is 21.7. The van der Waals surface area contributed by atoms with Gasteiger partial charge in [-0.2, -0.15) is 0 Å². The smallest absolute Gasteiger partial charge is 0.337 e. The second-order valence-corrected chi connectivity index (χ2v) is 6.79. The summed E-state index contributed by atoms with van der Waals surface area (Å²) in [7, 11) is 1.33. The van der Waals surface area contributed by atoms with Crippen LogP contribution in [0, 0.1) is 5.92 Å². The Labute approximate surface area is 178 Å². The number of ketones is 2. The molecule has 0 aromatic heterocycles. The lowest BCUT2D eigenvalue weighted by atomic mass is 9.96. The molecule has 2 aromatic carbocycles. The molecule has 1 aliphatic heterocycles. The monoisotopic (exact) mass is 420 g/mol. The van der Waals surface area contributed by atoms with Crippen molar-refractivity contribution in [2.75, 3.05) is 7.11 Å². The molecule has 7 heteroatoms. The van der Waals surface area contributed by atoms with Gasteiger partial charge < -0.3 is 14.2 Å². The summed E-state index contributed by atoms with van der Waals surface area (Å²) in [5.41, 5.74) is 2.05. The topological polar surface area (TPSA) is 96.0 Å². The standard InChI is InChI=1S/C24H20O7/c1-15-13-21(26)22(24(28)31-15)20(25)12-7-16-5-10-19(11-6-16)30-14-17-3-8-18(9-4-17)23(27)29-2/h3-13,22H,14H2,1-2H3/b12-7+/t22-/m0/s1. The quantitative estimate of drug-likeness (QED) is 0.385. The van der Waals surface area contributed by atoms with Crippen LogP contribution >= 0.6 is 0 Å². The fourth-order valence-electron chi connectivity index (χ4n) is 2.87. The van der Waals surface area contributed by atoms with Crippen LogP contribution in [-0.2, 0) is 30.5 Å². The Kier molecular flexibility index (Phi) is 6.77. The van der Waals surface area contributed by atoms with Crippen molar-refractivity contribution in [1.82, 2.24) is 0 Å². The number of benzene rings is 2. The third-order valence-electron chi connectivity index (χ3n) is 4.51. The molecule has 0 unspecified atom stereocenters. The first-order valence-electron chi connectivity index (χ1n) is 9.43. The van der Waals surface area contributed by atoms with Gasteiger partial charge in [0.25, 0.3) is 0 Å². The van der Waals surface area contributed by atoms with Gasteiger partial charge in [-0.1, -0.05) is 30.3 Å². The van der Waals surface area contributed by atoms with Crippen LogP contribution in [0.1, 0.15) is 28.4 Å². The molecule has 1 atom stereocenters. The largest absolute Gasteiger partial charge is 0.489 e. The summed E-state index contributed by atoms with van der Waals surface area (Å²) in [6, 6.07) is 13.8. The van der Waals surface area contributed by atoms with Crippen molar-refractivity contribution in [3.63, 3.8) is 0 Å². The molecule has 0 N–H and O–H groups in total. The first-order valence-corrected chi connectivity index (χ1v) is 9.43. The maximum absolute atomic E-state index is 12.2. The van der Waals surface area contributed by atoms with Crippen LogP contribution < -0.4 is 4.74 Å². The number of esters is 2. The highest BCUT2D eigenvalue weighted by Crippen LogP contribution is 2.18. The van der Waals surface area contributed by atoms with E-state index >= 15 is 0 Å². The van der Waals surface area contributed by atoms with E-state index in [1.165, 1.54) is 26.2 Å². The van der Waals surface area contributed by atoms with Gasteiger partial charge in [0.15, 0.2) is 17.5 Å². The van der Waals surface area contributed by atoms with Gasteiger partial charge in [-0.3, -0.25) is 14.4 Å². The summed E-state index contributed by atoms with van der Waals surface area (Å²) in [6.45, 7) is 1.79. The fraction of sp³-hybridized carbons (Fsp3) is 0.167. The Morgan fingerprint density at radius 3 is 2.32 bits per heavy atom. The summed E-state index contributed by atoms with van der Waals surface area (Å²) in [5.74, 6) is -3.12. The molecule has 1 heterocycles. The molecule has 0 radical (unpaired) electrons. The molecule has 31 heavy (non-hydrogen) atoms. The van der Waals surface area contributed by atoms with E-state index in [9.17, 15) is 19.2 Å². The van der Waals surface area contributed by atoms with Crippen molar-refractivity contribution < 1.29 is 33.4 Å². The number of hydrogen-bond acceptors (Lipinski definition) is 7. The highest BCUT2D eigenvalue weighted by atomic mass is 16.5. The van der Waals surface area contributed by atoms with E-state index < -0.39 is 29.4 Å². The van der Waals surface area contributed by atoms with E-state index in [4.69, 9.17) is 9.47 Å². The number of ether oxygens (including phenoxy) is 3. The maximum atomic E-state index is 12.2. The lowest BCUT2D eigenvalue weighted by Crippen LogP contribution is -2.34. The van der Waals surface area contributed by atoms with Crippen LogP contribution in [0.25, 0.3) is 6.08 Å². The minimum atomic E-state index is -1.45. The molecule has 0 aliphatic carbocycles. The first-order chi connectivity index (χ1) is 14.9. The molecule has 7 nitrogen and oxygen atoms in total. The molecule has 1 aliphatic rings. The SMILES string of the molecule is COC(=O)c1ccc(COc2ccc(/C=C/C(=O)[C@H]3C(=O)C=C(C)OC3=O)cc2)cc1. The lowest BCUT2D eigenvalue weighted by molar-refractivity contribution is -0.151. The number of cyclic esters (lactones) is 1. The van der Waals surface area contributed by atoms with Gasteiger partial charge >= 0.3 is 11.9 Å². The van der Waals surface area contributed by atoms with Crippen molar-refractivity contribution in [3.05, 3.63) is 83.1 Å². The molecule has 0 fully saturated rings. The molecule has 0 saturated heterocycles. The van der Waals surface area contributed by atoms with Crippen LogP contribution in [0.2, 0.25) is 0 Å². The Bertz CT molecular complexity index is 1060. The van der Waals surface area contributed by atoms with E-state index in [0.717, 1.165) is 11.6 Å². The summed E-state index contributed by atoms with van der Waals surface area (Å²) >= 11 is 0. The minimum absolute atomic E-state index is 0.179. The summed E-state index contributed by atoms with van der Waals surface area (Å²) in [6.07, 6.45) is 3.85. The average Bonchev–Trinajstić information content (AvgIpc) is 2.76. The molecule has 0 saturated carbocycles. The summed E-state index contributed by atoms with van der Waals surface area (Å²) in [4.78, 5) is 47.4. The number of methoxy groups -OCH3 is 1. The number of carbonyl (C=O) groups excluding carboxylic acids is 4. The van der Waals surface area contributed by atoms with Crippen molar-refractivity contribution >= 4 is 29.6 Å². The number of rotatable bonds is 7. The van der Waals surface area contributed by atoms with Crippen LogP contribution in [0.4, 0.5) is 0 Å². The highest BCUT2D eigenvalue weighted by Gasteiger charge is 2.36. The molecule has 0 spiro atoms. The Balaban J connectivity index is 1.56. The third-order valence-corrected chi connectivity index (χ3v) is 4.51. The van der Waals surface area contributed by atoms with Gasteiger partial charge in [0, 0.05) is 6.08 Å². The summed E-state index contributed by atoms with van der Waals surface area (Å²) < 4.78 is 15.2. The Morgan fingerprint density at radius 1 is 1.03 bits per heavy atom. The van der Waals surface area contributed by atoms with E-state index in [0.29, 0.717) is 23.5 Å². The van der Waals surface area contributed by atoms with Crippen LogP contribution in [-0.4, -0.2) is 30.6 Å². The number of carbonyl (C=O) groups is 4. The van der Waals surface area contributed by atoms with Crippen molar-refractivity contribution in [2.45, 2.75) is 13.5 Å². The van der Waals surface area contributed by atoms with E-state index in [1.54, 1.807) is 48.5 Å². The number of allylic oxidation sites excluding steroid dienone is 3.